The van der Waals surface area contributed by atoms with Gasteiger partial charge < -0.3 is 4.74 Å². The summed E-state index contributed by atoms with van der Waals surface area (Å²) in [7, 11) is 0. The van der Waals surface area contributed by atoms with Crippen molar-refractivity contribution < 1.29 is 4.74 Å². The average Bonchev–Trinajstić information content (AvgIpc) is 3.04. The fraction of sp³-hybridized carbons (Fsp3) is 0.412. The number of aryl methyl sites for hydroxylation is 1. The standard InChI is InChI=1S/C17H19N5O2S/c1-3-24-10-6-9-21-15(23)13-7-4-5-8-14(13)22-16(21)19-20-17(22)25-12(2)11-18/h4-5,7-8,12H,3,6,9-10H2,1-2H3. The number of fused-ring (bicyclic) bond motifs is 3. The lowest BCUT2D eigenvalue weighted by Gasteiger charge is -2.11. The van der Waals surface area contributed by atoms with E-state index < -0.39 is 0 Å². The number of rotatable bonds is 7. The molecule has 0 fully saturated rings. The van der Waals surface area contributed by atoms with Gasteiger partial charge in [-0.3, -0.25) is 13.8 Å². The Bertz CT molecular complexity index is 988. The van der Waals surface area contributed by atoms with Gasteiger partial charge in [0.1, 0.15) is 0 Å². The molecule has 1 aromatic carbocycles. The van der Waals surface area contributed by atoms with Gasteiger partial charge in [-0.25, -0.2) is 0 Å². The molecule has 130 valence electrons. The van der Waals surface area contributed by atoms with Crippen LogP contribution < -0.4 is 5.56 Å². The van der Waals surface area contributed by atoms with Crippen molar-refractivity contribution in [3.8, 4) is 6.07 Å². The van der Waals surface area contributed by atoms with Crippen molar-refractivity contribution in [3.05, 3.63) is 34.6 Å². The molecule has 0 bridgehead atoms. The number of hydrogen-bond donors (Lipinski definition) is 0. The van der Waals surface area contributed by atoms with E-state index in [1.807, 2.05) is 36.4 Å². The minimum absolute atomic E-state index is 0.0862. The molecule has 0 aliphatic rings. The molecule has 0 saturated carbocycles. The van der Waals surface area contributed by atoms with Crippen LogP contribution >= 0.6 is 11.8 Å². The third kappa shape index (κ3) is 3.38. The van der Waals surface area contributed by atoms with E-state index in [0.29, 0.717) is 42.5 Å². The van der Waals surface area contributed by atoms with Crippen molar-refractivity contribution >= 4 is 28.4 Å². The summed E-state index contributed by atoms with van der Waals surface area (Å²) in [5.74, 6) is 0.493. The lowest BCUT2D eigenvalue weighted by atomic mass is 10.2. The summed E-state index contributed by atoms with van der Waals surface area (Å²) < 4.78 is 8.86. The minimum atomic E-state index is -0.260. The van der Waals surface area contributed by atoms with Crippen LogP contribution in [0.1, 0.15) is 20.3 Å². The van der Waals surface area contributed by atoms with E-state index >= 15 is 0 Å². The van der Waals surface area contributed by atoms with Crippen LogP contribution in [0.2, 0.25) is 0 Å². The monoisotopic (exact) mass is 357 g/mol. The van der Waals surface area contributed by atoms with Crippen LogP contribution in [-0.4, -0.2) is 37.6 Å². The van der Waals surface area contributed by atoms with Crippen LogP contribution in [0.25, 0.3) is 16.7 Å². The topological polar surface area (TPSA) is 85.2 Å². The Morgan fingerprint density at radius 2 is 2.16 bits per heavy atom. The van der Waals surface area contributed by atoms with Crippen molar-refractivity contribution in [2.75, 3.05) is 13.2 Å². The van der Waals surface area contributed by atoms with Crippen molar-refractivity contribution in [1.82, 2.24) is 19.2 Å². The smallest absolute Gasteiger partial charge is 0.262 e. The summed E-state index contributed by atoms with van der Waals surface area (Å²) in [5, 5.41) is 18.5. The Kier molecular flexibility index (Phi) is 5.36. The summed E-state index contributed by atoms with van der Waals surface area (Å²) in [4.78, 5) is 12.9. The molecule has 8 heteroatoms. The highest BCUT2D eigenvalue weighted by Crippen LogP contribution is 2.24. The van der Waals surface area contributed by atoms with E-state index in [2.05, 4.69) is 16.3 Å². The number of thioether (sulfide) groups is 1. The Morgan fingerprint density at radius 1 is 1.36 bits per heavy atom. The molecule has 1 unspecified atom stereocenters. The van der Waals surface area contributed by atoms with Crippen molar-refractivity contribution in [2.45, 2.75) is 37.2 Å². The zero-order valence-electron chi connectivity index (χ0n) is 14.2. The van der Waals surface area contributed by atoms with Crippen LogP contribution in [0.4, 0.5) is 0 Å². The van der Waals surface area contributed by atoms with Crippen LogP contribution in [0, 0.1) is 11.3 Å². The third-order valence-corrected chi connectivity index (χ3v) is 4.75. The molecule has 7 nitrogen and oxygen atoms in total. The van der Waals surface area contributed by atoms with E-state index in [4.69, 9.17) is 10.00 Å². The minimum Gasteiger partial charge on any atom is -0.382 e. The van der Waals surface area contributed by atoms with Gasteiger partial charge in [0.25, 0.3) is 5.56 Å². The number of nitriles is 1. The zero-order chi connectivity index (χ0) is 17.8. The number of ether oxygens (including phenoxy) is 1. The van der Waals surface area contributed by atoms with E-state index in [1.165, 1.54) is 11.8 Å². The second-order valence-corrected chi connectivity index (χ2v) is 6.84. The molecule has 0 aliphatic heterocycles. The van der Waals surface area contributed by atoms with Gasteiger partial charge in [0.2, 0.25) is 5.78 Å². The molecule has 0 radical (unpaired) electrons. The molecular weight excluding hydrogens is 338 g/mol. The van der Waals surface area contributed by atoms with Crippen LogP contribution in [0.3, 0.4) is 0 Å². The van der Waals surface area contributed by atoms with Gasteiger partial charge in [0.05, 0.1) is 22.2 Å². The van der Waals surface area contributed by atoms with E-state index in [1.54, 1.807) is 10.6 Å². The zero-order valence-corrected chi connectivity index (χ0v) is 15.0. The van der Waals surface area contributed by atoms with E-state index in [9.17, 15) is 4.79 Å². The first-order valence-corrected chi connectivity index (χ1v) is 9.06. The SMILES string of the molecule is CCOCCCn1c(=O)c2ccccc2n2c(SC(C)C#N)nnc12. The highest BCUT2D eigenvalue weighted by Gasteiger charge is 2.18. The van der Waals surface area contributed by atoms with Crippen LogP contribution in [0.15, 0.2) is 34.2 Å². The molecule has 0 saturated heterocycles. The summed E-state index contributed by atoms with van der Waals surface area (Å²) in [6, 6.07) is 9.58. The van der Waals surface area contributed by atoms with Gasteiger partial charge in [-0.2, -0.15) is 5.26 Å². The van der Waals surface area contributed by atoms with Crippen molar-refractivity contribution in [3.63, 3.8) is 0 Å². The Morgan fingerprint density at radius 3 is 2.92 bits per heavy atom. The van der Waals surface area contributed by atoms with Gasteiger partial charge in [-0.1, -0.05) is 23.9 Å². The molecule has 0 N–H and O–H groups in total. The van der Waals surface area contributed by atoms with E-state index in [0.717, 1.165) is 5.52 Å². The predicted molar refractivity (Wildman–Crippen MR) is 96.8 cm³/mol. The molecule has 25 heavy (non-hydrogen) atoms. The highest BCUT2D eigenvalue weighted by atomic mass is 32.2. The second kappa shape index (κ2) is 7.68. The first-order chi connectivity index (χ1) is 12.2. The molecular formula is C17H19N5O2S. The predicted octanol–water partition coefficient (Wildman–Crippen LogP) is 2.47. The number of aromatic nitrogens is 4. The number of hydrogen-bond acceptors (Lipinski definition) is 6. The van der Waals surface area contributed by atoms with Gasteiger partial charge in [-0.15, -0.1) is 10.2 Å². The maximum absolute atomic E-state index is 12.9. The van der Waals surface area contributed by atoms with Crippen LogP contribution in [-0.2, 0) is 11.3 Å². The Hall–Kier alpha value is -2.37. The van der Waals surface area contributed by atoms with Gasteiger partial charge in [0.15, 0.2) is 5.16 Å². The molecule has 2 heterocycles. The molecule has 0 spiro atoms. The number of para-hydroxylation sites is 1. The fourth-order valence-corrected chi connectivity index (χ4v) is 3.41. The molecule has 2 aromatic heterocycles. The molecule has 1 atom stereocenters. The average molecular weight is 357 g/mol. The van der Waals surface area contributed by atoms with Crippen molar-refractivity contribution in [2.24, 2.45) is 0 Å². The summed E-state index contributed by atoms with van der Waals surface area (Å²) >= 11 is 1.33. The second-order valence-electron chi connectivity index (χ2n) is 5.53. The molecule has 0 aliphatic carbocycles. The quantitative estimate of drug-likeness (QED) is 0.477. The largest absolute Gasteiger partial charge is 0.382 e. The molecule has 3 aromatic rings. The van der Waals surface area contributed by atoms with Crippen molar-refractivity contribution in [1.29, 1.82) is 5.26 Å². The summed E-state index contributed by atoms with van der Waals surface area (Å²) in [6.45, 7) is 5.50. The highest BCUT2D eigenvalue weighted by molar-refractivity contribution is 8.00. The Balaban J connectivity index is 2.16. The van der Waals surface area contributed by atoms with Gasteiger partial charge >= 0.3 is 0 Å². The first kappa shape index (κ1) is 17.5. The van der Waals surface area contributed by atoms with Gasteiger partial charge in [0, 0.05) is 19.8 Å². The Labute approximate surface area is 149 Å². The first-order valence-electron chi connectivity index (χ1n) is 8.18. The lowest BCUT2D eigenvalue weighted by Crippen LogP contribution is -2.24. The number of nitrogens with zero attached hydrogens (tertiary/aromatic N) is 5. The maximum atomic E-state index is 12.9. The molecule has 3 rings (SSSR count). The summed E-state index contributed by atoms with van der Waals surface area (Å²) in [5.41, 5.74) is 0.665. The third-order valence-electron chi connectivity index (χ3n) is 3.82. The normalized spacial score (nSPS) is 12.5. The lowest BCUT2D eigenvalue weighted by molar-refractivity contribution is 0.141. The fourth-order valence-electron chi connectivity index (χ4n) is 2.67. The summed E-state index contributed by atoms with van der Waals surface area (Å²) in [6.07, 6.45) is 0.714. The maximum Gasteiger partial charge on any atom is 0.262 e. The van der Waals surface area contributed by atoms with Gasteiger partial charge in [-0.05, 0) is 32.4 Å². The van der Waals surface area contributed by atoms with E-state index in [-0.39, 0.29) is 10.8 Å². The van der Waals surface area contributed by atoms with Crippen LogP contribution in [0.5, 0.6) is 0 Å². The number of benzene rings is 1. The molecule has 0 amide bonds.